The highest BCUT2D eigenvalue weighted by Gasteiger charge is 2.51. The number of carbonyl (C=O) groups is 1. The van der Waals surface area contributed by atoms with Gasteiger partial charge in [-0.05, 0) is 42.7 Å². The van der Waals surface area contributed by atoms with Crippen molar-refractivity contribution in [2.24, 2.45) is 0 Å². The maximum Gasteiger partial charge on any atom is 0.314 e. The third kappa shape index (κ3) is 4.08. The van der Waals surface area contributed by atoms with Crippen LogP contribution in [0.1, 0.15) is 36.8 Å². The predicted octanol–water partition coefficient (Wildman–Crippen LogP) is 5.07. The van der Waals surface area contributed by atoms with Crippen LogP contribution in [0.5, 0.6) is 0 Å². The van der Waals surface area contributed by atoms with Gasteiger partial charge in [0.15, 0.2) is 0 Å². The Hall–Kier alpha value is -4.26. The fourth-order valence-corrected chi connectivity index (χ4v) is 4.61. The van der Waals surface area contributed by atoms with Crippen LogP contribution in [0.25, 0.3) is 11.1 Å². The summed E-state index contributed by atoms with van der Waals surface area (Å²) < 4.78 is 5.80. The Balaban J connectivity index is 1.45. The van der Waals surface area contributed by atoms with E-state index in [1.807, 2.05) is 62.4 Å². The average Bonchev–Trinajstić information content (AvgIpc) is 3.09. The van der Waals surface area contributed by atoms with Gasteiger partial charge in [-0.1, -0.05) is 54.6 Å². The molecule has 0 radical (unpaired) electrons. The van der Waals surface area contributed by atoms with Crippen molar-refractivity contribution in [3.63, 3.8) is 0 Å². The van der Waals surface area contributed by atoms with Crippen LogP contribution in [-0.4, -0.2) is 26.5 Å². The fourth-order valence-electron chi connectivity index (χ4n) is 4.61. The van der Waals surface area contributed by atoms with Gasteiger partial charge < -0.3 is 15.8 Å². The topological polar surface area (TPSA) is 103 Å². The molecule has 170 valence electrons. The highest BCUT2D eigenvalue weighted by atomic mass is 16.6. The summed E-state index contributed by atoms with van der Waals surface area (Å²) in [6.07, 6.45) is 5.03. The SMILES string of the molecule is CC1(C)OC(=O)C(c2ccc(-c3cnc(N)c(Nc4ncccn4)c3)cc2)[C@@H]1c1ccccc1. The maximum absolute atomic E-state index is 12.9. The van der Waals surface area contributed by atoms with E-state index in [-0.39, 0.29) is 17.8 Å². The molecule has 1 aliphatic heterocycles. The lowest BCUT2D eigenvalue weighted by Crippen LogP contribution is -2.27. The number of benzene rings is 2. The number of rotatable bonds is 5. The Labute approximate surface area is 198 Å². The molecule has 3 N–H and O–H groups in total. The number of anilines is 3. The van der Waals surface area contributed by atoms with Gasteiger partial charge in [-0.3, -0.25) is 4.79 Å². The lowest BCUT2D eigenvalue weighted by molar-refractivity contribution is -0.147. The zero-order valence-corrected chi connectivity index (χ0v) is 19.0. The molecule has 2 aromatic heterocycles. The Morgan fingerprint density at radius 3 is 2.29 bits per heavy atom. The second-order valence-electron chi connectivity index (χ2n) is 8.87. The predicted molar refractivity (Wildman–Crippen MR) is 131 cm³/mol. The van der Waals surface area contributed by atoms with Crippen LogP contribution in [0, 0.1) is 0 Å². The number of carbonyl (C=O) groups excluding carboxylic acids is 1. The molecule has 1 saturated heterocycles. The van der Waals surface area contributed by atoms with Crippen LogP contribution in [0.4, 0.5) is 17.5 Å². The van der Waals surface area contributed by atoms with Gasteiger partial charge in [-0.15, -0.1) is 0 Å². The Morgan fingerprint density at radius 2 is 1.59 bits per heavy atom. The van der Waals surface area contributed by atoms with Crippen molar-refractivity contribution in [1.82, 2.24) is 15.0 Å². The molecule has 1 unspecified atom stereocenters. The quantitative estimate of drug-likeness (QED) is 0.409. The molecule has 4 aromatic rings. The van der Waals surface area contributed by atoms with Gasteiger partial charge in [-0.25, -0.2) is 15.0 Å². The summed E-state index contributed by atoms with van der Waals surface area (Å²) in [5.74, 6) is 0.151. The first-order valence-corrected chi connectivity index (χ1v) is 11.1. The van der Waals surface area contributed by atoms with E-state index in [2.05, 4.69) is 32.4 Å². The Morgan fingerprint density at radius 1 is 0.882 bits per heavy atom. The summed E-state index contributed by atoms with van der Waals surface area (Å²) >= 11 is 0. The molecule has 0 amide bonds. The number of nitrogen functional groups attached to an aromatic ring is 1. The maximum atomic E-state index is 12.9. The molecule has 2 atom stereocenters. The third-order valence-corrected chi connectivity index (χ3v) is 6.19. The number of hydrogen-bond donors (Lipinski definition) is 2. The second kappa shape index (κ2) is 8.59. The zero-order chi connectivity index (χ0) is 23.7. The number of cyclic esters (lactones) is 1. The van der Waals surface area contributed by atoms with Crippen LogP contribution in [0.2, 0.25) is 0 Å². The molecule has 0 bridgehead atoms. The van der Waals surface area contributed by atoms with Gasteiger partial charge >= 0.3 is 5.97 Å². The van der Waals surface area contributed by atoms with Crippen molar-refractivity contribution in [1.29, 1.82) is 0 Å². The van der Waals surface area contributed by atoms with Gasteiger partial charge in [0, 0.05) is 30.1 Å². The largest absolute Gasteiger partial charge is 0.458 e. The van der Waals surface area contributed by atoms with E-state index in [1.165, 1.54) is 0 Å². The van der Waals surface area contributed by atoms with Crippen LogP contribution in [0.15, 0.2) is 85.3 Å². The second-order valence-corrected chi connectivity index (χ2v) is 8.87. The lowest BCUT2D eigenvalue weighted by atomic mass is 9.75. The number of ether oxygens (including phenoxy) is 1. The molecule has 0 aliphatic carbocycles. The molecule has 7 heteroatoms. The average molecular weight is 452 g/mol. The number of pyridine rings is 1. The van der Waals surface area contributed by atoms with Crippen molar-refractivity contribution in [2.75, 3.05) is 11.1 Å². The van der Waals surface area contributed by atoms with Crippen LogP contribution in [-0.2, 0) is 9.53 Å². The highest BCUT2D eigenvalue weighted by Crippen LogP contribution is 2.49. The summed E-state index contributed by atoms with van der Waals surface area (Å²) in [5, 5.41) is 3.11. The summed E-state index contributed by atoms with van der Waals surface area (Å²) in [6.45, 7) is 3.95. The normalized spacial score (nSPS) is 18.9. The first-order chi connectivity index (χ1) is 16.4. The third-order valence-electron chi connectivity index (χ3n) is 6.19. The molecule has 1 aliphatic rings. The minimum atomic E-state index is -0.595. The van der Waals surface area contributed by atoms with Gasteiger partial charge in [-0.2, -0.15) is 0 Å². The minimum Gasteiger partial charge on any atom is -0.458 e. The van der Waals surface area contributed by atoms with Crippen molar-refractivity contribution in [2.45, 2.75) is 31.3 Å². The molecule has 5 rings (SSSR count). The van der Waals surface area contributed by atoms with Gasteiger partial charge in [0.05, 0.1) is 11.6 Å². The molecule has 0 spiro atoms. The minimum absolute atomic E-state index is 0.0769. The number of esters is 1. The molecule has 1 fully saturated rings. The monoisotopic (exact) mass is 451 g/mol. The van der Waals surface area contributed by atoms with E-state index in [1.54, 1.807) is 24.7 Å². The lowest BCUT2D eigenvalue weighted by Gasteiger charge is -2.27. The molecule has 0 saturated carbocycles. The molecule has 34 heavy (non-hydrogen) atoms. The summed E-state index contributed by atoms with van der Waals surface area (Å²) in [4.78, 5) is 25.6. The van der Waals surface area contributed by atoms with E-state index in [0.717, 1.165) is 22.3 Å². The van der Waals surface area contributed by atoms with Crippen LogP contribution < -0.4 is 11.1 Å². The molecule has 7 nitrogen and oxygen atoms in total. The van der Waals surface area contributed by atoms with Crippen molar-refractivity contribution in [3.05, 3.63) is 96.4 Å². The fraction of sp³-hybridized carbons (Fsp3) is 0.185. The summed E-state index contributed by atoms with van der Waals surface area (Å²) in [7, 11) is 0. The number of nitrogens with two attached hydrogens (primary N) is 1. The smallest absolute Gasteiger partial charge is 0.314 e. The van der Waals surface area contributed by atoms with Gasteiger partial charge in [0.1, 0.15) is 11.4 Å². The zero-order valence-electron chi connectivity index (χ0n) is 19.0. The molecule has 3 heterocycles. The van der Waals surface area contributed by atoms with Gasteiger partial charge in [0.2, 0.25) is 5.95 Å². The van der Waals surface area contributed by atoms with E-state index >= 15 is 0 Å². The number of aromatic nitrogens is 3. The Kier molecular flexibility index (Phi) is 5.45. The van der Waals surface area contributed by atoms with E-state index < -0.39 is 5.60 Å². The first-order valence-electron chi connectivity index (χ1n) is 11.1. The highest BCUT2D eigenvalue weighted by molar-refractivity contribution is 5.83. The summed E-state index contributed by atoms with van der Waals surface area (Å²) in [5.41, 5.74) is 9.93. The first kappa shape index (κ1) is 21.6. The molecular weight excluding hydrogens is 426 g/mol. The number of hydrogen-bond acceptors (Lipinski definition) is 7. The van der Waals surface area contributed by atoms with Crippen molar-refractivity contribution >= 4 is 23.4 Å². The van der Waals surface area contributed by atoms with E-state index in [9.17, 15) is 4.79 Å². The number of nitrogens with one attached hydrogen (secondary N) is 1. The molecule has 2 aromatic carbocycles. The van der Waals surface area contributed by atoms with Gasteiger partial charge in [0.25, 0.3) is 0 Å². The van der Waals surface area contributed by atoms with Crippen molar-refractivity contribution in [3.8, 4) is 11.1 Å². The molecular formula is C27H25N5O2. The van der Waals surface area contributed by atoms with Crippen LogP contribution >= 0.6 is 0 Å². The number of nitrogens with zero attached hydrogens (tertiary/aromatic N) is 3. The van der Waals surface area contributed by atoms with Crippen LogP contribution in [0.3, 0.4) is 0 Å². The standard InChI is InChI=1S/C27H25N5O2/c1-27(2)23(19-7-4-3-5-8-19)22(25(33)34-27)18-11-9-17(10-12-18)20-15-21(24(28)31-16-20)32-26-29-13-6-14-30-26/h3-16,22-23H,1-2H3,(H2,28,31)(H,29,30,32)/t22?,23-/m0/s1. The van der Waals surface area contributed by atoms with E-state index in [0.29, 0.717) is 17.5 Å². The van der Waals surface area contributed by atoms with E-state index in [4.69, 9.17) is 10.5 Å². The summed E-state index contributed by atoms with van der Waals surface area (Å²) in [6, 6.07) is 21.7. The van der Waals surface area contributed by atoms with Crippen molar-refractivity contribution < 1.29 is 9.53 Å². The Bertz CT molecular complexity index is 1310.